The minimum absolute atomic E-state index is 0.0532. The largest absolute Gasteiger partial charge is 0.316 e. The van der Waals surface area contributed by atoms with E-state index in [1.165, 1.54) is 65.0 Å². The van der Waals surface area contributed by atoms with Crippen LogP contribution in [0.5, 0.6) is 0 Å². The average Bonchev–Trinajstić information content (AvgIpc) is 3.55. The van der Waals surface area contributed by atoms with Gasteiger partial charge in [-0.3, -0.25) is 0 Å². The summed E-state index contributed by atoms with van der Waals surface area (Å²) in [5, 5.41) is 3.95. The highest BCUT2D eigenvalue weighted by molar-refractivity contribution is 7.26. The monoisotopic (exact) mass is 506 g/mol. The van der Waals surface area contributed by atoms with Gasteiger partial charge in [-0.2, -0.15) is 0 Å². The number of rotatable bonds is 2. The Bertz CT molecular complexity index is 1960. The maximum atomic E-state index is 2.41. The number of hydrogen-bond donors (Lipinski definition) is 0. The van der Waals surface area contributed by atoms with E-state index in [-0.39, 0.29) is 5.41 Å². The number of fused-ring (bicyclic) bond motifs is 7. The van der Waals surface area contributed by atoms with E-state index in [4.69, 9.17) is 0 Å². The molecule has 0 atom stereocenters. The molecule has 2 aromatic heterocycles. The van der Waals surface area contributed by atoms with E-state index >= 15 is 0 Å². The fraction of sp³-hybridized carbons (Fsp3) is 0.0857. The molecule has 3 heteroatoms. The van der Waals surface area contributed by atoms with E-state index in [0.29, 0.717) is 0 Å². The predicted octanol–water partition coefficient (Wildman–Crippen LogP) is 10.1. The Morgan fingerprint density at radius 1 is 0.579 bits per heavy atom. The molecule has 0 bridgehead atoms. The molecule has 0 unspecified atom stereocenters. The Labute approximate surface area is 226 Å². The minimum Gasteiger partial charge on any atom is -0.316 e. The fourth-order valence-electron chi connectivity index (χ4n) is 6.36. The van der Waals surface area contributed by atoms with Crippen LogP contribution in [0.4, 0.5) is 17.1 Å². The van der Waals surface area contributed by atoms with Gasteiger partial charge in [0.25, 0.3) is 0 Å². The van der Waals surface area contributed by atoms with Crippen LogP contribution < -0.4 is 4.90 Å². The molecular formula is C35H26N2S. The molecule has 0 saturated carbocycles. The maximum absolute atomic E-state index is 2.41. The third-order valence-corrected chi connectivity index (χ3v) is 9.35. The molecule has 7 aromatic rings. The number of para-hydroxylation sites is 2. The first kappa shape index (κ1) is 21.7. The standard InChI is InChI=1S/C35H26N2S/c1-35(2)27-10-4-6-12-29(27)37(30-13-7-5-11-28(30)35)25-18-16-24(17-19-25)36-22-21-23-15-20-32-33(34(23)36)26-9-3-8-14-31(26)38-32/h3-22H,1-2H3. The van der Waals surface area contributed by atoms with Crippen molar-refractivity contribution in [2.24, 2.45) is 0 Å². The lowest BCUT2D eigenvalue weighted by molar-refractivity contribution is 0.632. The smallest absolute Gasteiger partial charge is 0.0621 e. The van der Waals surface area contributed by atoms with E-state index in [1.807, 2.05) is 11.3 Å². The van der Waals surface area contributed by atoms with Crippen molar-refractivity contribution in [3.05, 3.63) is 133 Å². The minimum atomic E-state index is -0.0532. The molecule has 8 rings (SSSR count). The lowest BCUT2D eigenvalue weighted by Crippen LogP contribution is -2.30. The van der Waals surface area contributed by atoms with Gasteiger partial charge in [-0.25, -0.2) is 0 Å². The van der Waals surface area contributed by atoms with Crippen LogP contribution in [0.15, 0.2) is 121 Å². The highest BCUT2D eigenvalue weighted by Gasteiger charge is 2.36. The number of anilines is 3. The van der Waals surface area contributed by atoms with Crippen LogP contribution in [0, 0.1) is 0 Å². The van der Waals surface area contributed by atoms with Crippen LogP contribution in [-0.2, 0) is 5.41 Å². The summed E-state index contributed by atoms with van der Waals surface area (Å²) < 4.78 is 5.02. The Morgan fingerprint density at radius 3 is 1.95 bits per heavy atom. The van der Waals surface area contributed by atoms with Crippen molar-refractivity contribution in [1.82, 2.24) is 4.57 Å². The molecule has 0 N–H and O–H groups in total. The molecule has 3 heterocycles. The van der Waals surface area contributed by atoms with E-state index in [1.54, 1.807) is 0 Å². The van der Waals surface area contributed by atoms with Crippen molar-refractivity contribution < 1.29 is 0 Å². The average molecular weight is 507 g/mol. The Kier molecular flexibility index (Phi) is 4.48. The fourth-order valence-corrected chi connectivity index (χ4v) is 7.47. The SMILES string of the molecule is CC1(C)c2ccccc2N(c2ccc(-n3ccc4ccc5sc6ccccc6c5c43)cc2)c2ccccc21. The highest BCUT2D eigenvalue weighted by Crippen LogP contribution is 2.51. The molecule has 5 aromatic carbocycles. The van der Waals surface area contributed by atoms with Gasteiger partial charge >= 0.3 is 0 Å². The van der Waals surface area contributed by atoms with Crippen molar-refractivity contribution in [1.29, 1.82) is 0 Å². The van der Waals surface area contributed by atoms with Crippen LogP contribution in [-0.4, -0.2) is 4.57 Å². The summed E-state index contributed by atoms with van der Waals surface area (Å²) in [4.78, 5) is 2.41. The molecule has 182 valence electrons. The van der Waals surface area contributed by atoms with E-state index in [2.05, 4.69) is 145 Å². The van der Waals surface area contributed by atoms with Crippen LogP contribution in [0.1, 0.15) is 25.0 Å². The van der Waals surface area contributed by atoms with Crippen molar-refractivity contribution >= 4 is 59.5 Å². The Balaban J connectivity index is 1.30. The van der Waals surface area contributed by atoms with Crippen molar-refractivity contribution in [2.75, 3.05) is 4.90 Å². The molecule has 1 aliphatic rings. The molecule has 0 radical (unpaired) electrons. The third-order valence-electron chi connectivity index (χ3n) is 8.21. The summed E-state index contributed by atoms with van der Waals surface area (Å²) in [6, 6.07) is 42.2. The van der Waals surface area contributed by atoms with Gasteiger partial charge in [-0.1, -0.05) is 74.5 Å². The second-order valence-electron chi connectivity index (χ2n) is 10.7. The second kappa shape index (κ2) is 7.83. The zero-order chi connectivity index (χ0) is 25.4. The van der Waals surface area contributed by atoms with Crippen LogP contribution >= 0.6 is 11.3 Å². The molecule has 0 fully saturated rings. The summed E-state index contributed by atoms with van der Waals surface area (Å²) in [6.45, 7) is 4.66. The van der Waals surface area contributed by atoms with Gasteiger partial charge in [0.15, 0.2) is 0 Å². The number of hydrogen-bond acceptors (Lipinski definition) is 2. The van der Waals surface area contributed by atoms with Gasteiger partial charge in [0.2, 0.25) is 0 Å². The molecule has 38 heavy (non-hydrogen) atoms. The van der Waals surface area contributed by atoms with Gasteiger partial charge in [-0.15, -0.1) is 11.3 Å². The van der Waals surface area contributed by atoms with Gasteiger partial charge in [0.05, 0.1) is 16.9 Å². The first-order valence-corrected chi connectivity index (χ1v) is 13.9. The van der Waals surface area contributed by atoms with Crippen molar-refractivity contribution in [2.45, 2.75) is 19.3 Å². The third kappa shape index (κ3) is 2.94. The van der Waals surface area contributed by atoms with E-state index < -0.39 is 0 Å². The summed E-state index contributed by atoms with van der Waals surface area (Å²) in [6.07, 6.45) is 2.21. The van der Waals surface area contributed by atoms with E-state index in [9.17, 15) is 0 Å². The number of nitrogens with zero attached hydrogens (tertiary/aromatic N) is 2. The number of thiophene rings is 1. The highest BCUT2D eigenvalue weighted by atomic mass is 32.1. The summed E-state index contributed by atoms with van der Waals surface area (Å²) in [5.74, 6) is 0. The molecule has 0 aliphatic carbocycles. The zero-order valence-corrected chi connectivity index (χ0v) is 22.2. The predicted molar refractivity (Wildman–Crippen MR) is 163 cm³/mol. The lowest BCUT2D eigenvalue weighted by atomic mass is 9.73. The van der Waals surface area contributed by atoms with Crippen LogP contribution in [0.2, 0.25) is 0 Å². The Morgan fingerprint density at radius 2 is 1.21 bits per heavy atom. The van der Waals surface area contributed by atoms with Crippen molar-refractivity contribution in [3.8, 4) is 5.69 Å². The van der Waals surface area contributed by atoms with Gasteiger partial charge in [0, 0.05) is 48.5 Å². The van der Waals surface area contributed by atoms with E-state index in [0.717, 1.165) is 0 Å². The van der Waals surface area contributed by atoms with Gasteiger partial charge in [-0.05, 0) is 65.7 Å². The van der Waals surface area contributed by atoms with Gasteiger partial charge < -0.3 is 9.47 Å². The quantitative estimate of drug-likeness (QED) is 0.226. The summed E-state index contributed by atoms with van der Waals surface area (Å²) in [5.41, 5.74) is 8.78. The molecule has 1 aliphatic heterocycles. The topological polar surface area (TPSA) is 8.17 Å². The number of benzene rings is 5. The molecule has 2 nitrogen and oxygen atoms in total. The number of aromatic nitrogens is 1. The van der Waals surface area contributed by atoms with Crippen LogP contribution in [0.3, 0.4) is 0 Å². The van der Waals surface area contributed by atoms with Gasteiger partial charge in [0.1, 0.15) is 0 Å². The maximum Gasteiger partial charge on any atom is 0.0621 e. The molecular weight excluding hydrogens is 480 g/mol. The van der Waals surface area contributed by atoms with Crippen molar-refractivity contribution in [3.63, 3.8) is 0 Å². The van der Waals surface area contributed by atoms with Crippen LogP contribution in [0.25, 0.3) is 36.8 Å². The lowest BCUT2D eigenvalue weighted by Gasteiger charge is -2.42. The first-order chi connectivity index (χ1) is 18.6. The Hall–Kier alpha value is -4.34. The normalized spacial score (nSPS) is 14.2. The first-order valence-electron chi connectivity index (χ1n) is 13.1. The molecule has 0 amide bonds. The molecule has 0 saturated heterocycles. The second-order valence-corrected chi connectivity index (χ2v) is 11.8. The zero-order valence-electron chi connectivity index (χ0n) is 21.3. The summed E-state index contributed by atoms with van der Waals surface area (Å²) in [7, 11) is 0. The molecule has 0 spiro atoms. The summed E-state index contributed by atoms with van der Waals surface area (Å²) >= 11 is 1.87.